The van der Waals surface area contributed by atoms with E-state index in [-0.39, 0.29) is 22.3 Å². The van der Waals surface area contributed by atoms with Crippen molar-refractivity contribution in [3.63, 3.8) is 0 Å². The maximum Gasteiger partial charge on any atom is 0.300 e. The first-order valence-corrected chi connectivity index (χ1v) is 7.10. The number of carbonyl (C=O) groups excluding carboxylic acids is 1. The molecule has 1 aliphatic rings. The highest BCUT2D eigenvalue weighted by Crippen LogP contribution is 2.29. The Labute approximate surface area is 122 Å². The summed E-state index contributed by atoms with van der Waals surface area (Å²) in [5.74, 6) is 0.154. The third kappa shape index (κ3) is 3.28. The minimum Gasteiger partial charge on any atom is -0.349 e. The fourth-order valence-electron chi connectivity index (χ4n) is 2.71. The highest BCUT2D eigenvalue weighted by Gasteiger charge is 2.26. The number of para-hydroxylation sites is 1. The first-order valence-electron chi connectivity index (χ1n) is 6.72. The molecular weight excluding hydrogens is 280 g/mol. The number of nitrogens with one attached hydrogen (secondary N) is 1. The molecule has 0 bridgehead atoms. The van der Waals surface area contributed by atoms with Crippen molar-refractivity contribution in [2.24, 2.45) is 5.92 Å². The smallest absolute Gasteiger partial charge is 0.300 e. The van der Waals surface area contributed by atoms with Crippen molar-refractivity contribution >= 4 is 23.2 Å². The molecule has 0 aliphatic heterocycles. The number of benzene rings is 1. The van der Waals surface area contributed by atoms with Gasteiger partial charge in [-0.05, 0) is 30.9 Å². The number of carbonyl (C=O) groups is 1. The van der Waals surface area contributed by atoms with Crippen LogP contribution in [0.4, 0.5) is 5.69 Å². The maximum atomic E-state index is 12.2. The lowest BCUT2D eigenvalue weighted by Crippen LogP contribution is -2.38. The third-order valence-corrected chi connectivity index (χ3v) is 3.99. The van der Waals surface area contributed by atoms with Gasteiger partial charge in [-0.15, -0.1) is 0 Å². The van der Waals surface area contributed by atoms with E-state index in [2.05, 4.69) is 12.2 Å². The molecule has 2 unspecified atom stereocenters. The largest absolute Gasteiger partial charge is 0.349 e. The molecule has 2 rings (SSSR count). The fourth-order valence-corrected chi connectivity index (χ4v) is 2.96. The van der Waals surface area contributed by atoms with Crippen molar-refractivity contribution in [2.75, 3.05) is 0 Å². The summed E-state index contributed by atoms with van der Waals surface area (Å²) >= 11 is 5.81. The van der Waals surface area contributed by atoms with Gasteiger partial charge >= 0.3 is 5.69 Å². The number of hydrogen-bond donors (Lipinski definition) is 1. The van der Waals surface area contributed by atoms with Crippen molar-refractivity contribution in [1.29, 1.82) is 0 Å². The SMILES string of the molecule is CC1CCCC(NC(=O)c2cccc(Cl)c2[N+](=O)[O-])C1. The normalized spacial score (nSPS) is 22.3. The quantitative estimate of drug-likeness (QED) is 0.684. The average Bonchev–Trinajstić information content (AvgIpc) is 2.37. The summed E-state index contributed by atoms with van der Waals surface area (Å²) in [5.41, 5.74) is -0.295. The lowest BCUT2D eigenvalue weighted by atomic mass is 9.87. The summed E-state index contributed by atoms with van der Waals surface area (Å²) < 4.78 is 0. The predicted octanol–water partition coefficient (Wildman–Crippen LogP) is 3.56. The Morgan fingerprint density at radius 1 is 1.45 bits per heavy atom. The third-order valence-electron chi connectivity index (χ3n) is 3.69. The summed E-state index contributed by atoms with van der Waals surface area (Å²) in [4.78, 5) is 22.6. The van der Waals surface area contributed by atoms with Crippen LogP contribution in [0.15, 0.2) is 18.2 Å². The van der Waals surface area contributed by atoms with Crippen LogP contribution in [0.25, 0.3) is 0 Å². The van der Waals surface area contributed by atoms with E-state index in [9.17, 15) is 14.9 Å². The van der Waals surface area contributed by atoms with Crippen LogP contribution in [0.3, 0.4) is 0 Å². The minimum absolute atomic E-state index is 0.0142. The molecule has 0 aromatic heterocycles. The van der Waals surface area contributed by atoms with E-state index in [1.165, 1.54) is 18.6 Å². The zero-order valence-corrected chi connectivity index (χ0v) is 12.0. The van der Waals surface area contributed by atoms with Gasteiger partial charge in [-0.25, -0.2) is 0 Å². The Morgan fingerprint density at radius 3 is 2.85 bits per heavy atom. The average molecular weight is 297 g/mol. The second kappa shape index (κ2) is 6.22. The summed E-state index contributed by atoms with van der Waals surface area (Å²) in [6, 6.07) is 4.49. The van der Waals surface area contributed by atoms with Crippen LogP contribution in [0.5, 0.6) is 0 Å². The summed E-state index contributed by atoms with van der Waals surface area (Å²) in [6.45, 7) is 2.15. The van der Waals surface area contributed by atoms with E-state index in [1.54, 1.807) is 6.07 Å². The first kappa shape index (κ1) is 14.8. The van der Waals surface area contributed by atoms with Crippen molar-refractivity contribution < 1.29 is 9.72 Å². The molecule has 108 valence electrons. The van der Waals surface area contributed by atoms with Gasteiger partial charge < -0.3 is 5.32 Å². The molecule has 1 aromatic rings. The Hall–Kier alpha value is -1.62. The molecule has 1 amide bonds. The first-order chi connectivity index (χ1) is 9.49. The topological polar surface area (TPSA) is 72.2 Å². The predicted molar refractivity (Wildman–Crippen MR) is 77.0 cm³/mol. The van der Waals surface area contributed by atoms with Crippen molar-refractivity contribution in [2.45, 2.75) is 38.6 Å². The van der Waals surface area contributed by atoms with Gasteiger partial charge in [0.25, 0.3) is 5.91 Å². The number of amides is 1. The zero-order valence-electron chi connectivity index (χ0n) is 11.3. The Balaban J connectivity index is 2.17. The van der Waals surface area contributed by atoms with Crippen LogP contribution in [-0.2, 0) is 0 Å². The second-order valence-electron chi connectivity index (χ2n) is 5.34. The van der Waals surface area contributed by atoms with Crippen LogP contribution >= 0.6 is 11.6 Å². The van der Waals surface area contributed by atoms with Crippen LogP contribution in [0.2, 0.25) is 5.02 Å². The molecule has 0 spiro atoms. The minimum atomic E-state index is -0.610. The van der Waals surface area contributed by atoms with Crippen molar-refractivity contribution in [3.05, 3.63) is 38.9 Å². The van der Waals surface area contributed by atoms with Crippen LogP contribution in [0.1, 0.15) is 43.0 Å². The van der Waals surface area contributed by atoms with Gasteiger partial charge in [0.05, 0.1) is 4.92 Å². The number of nitro benzene ring substituents is 1. The Morgan fingerprint density at radius 2 is 2.20 bits per heavy atom. The molecule has 0 saturated heterocycles. The fraction of sp³-hybridized carbons (Fsp3) is 0.500. The van der Waals surface area contributed by atoms with E-state index in [1.807, 2.05) is 0 Å². The Bertz CT molecular complexity index is 533. The molecule has 0 heterocycles. The zero-order chi connectivity index (χ0) is 14.7. The number of hydrogen-bond acceptors (Lipinski definition) is 3. The van der Waals surface area contributed by atoms with E-state index < -0.39 is 10.8 Å². The lowest BCUT2D eigenvalue weighted by Gasteiger charge is -2.27. The van der Waals surface area contributed by atoms with Crippen molar-refractivity contribution in [3.8, 4) is 0 Å². The van der Waals surface area contributed by atoms with Crippen LogP contribution in [0, 0.1) is 16.0 Å². The van der Waals surface area contributed by atoms with Gasteiger partial charge in [-0.1, -0.05) is 37.4 Å². The van der Waals surface area contributed by atoms with Crippen LogP contribution < -0.4 is 5.32 Å². The highest BCUT2D eigenvalue weighted by molar-refractivity contribution is 6.33. The van der Waals surface area contributed by atoms with Gasteiger partial charge in [-0.2, -0.15) is 0 Å². The van der Waals surface area contributed by atoms with Gasteiger partial charge in [0, 0.05) is 6.04 Å². The molecule has 1 aliphatic carbocycles. The summed E-state index contributed by atoms with van der Waals surface area (Å²) in [6.07, 6.45) is 4.08. The molecule has 1 N–H and O–H groups in total. The molecule has 1 saturated carbocycles. The molecule has 1 aromatic carbocycles. The molecule has 0 radical (unpaired) electrons. The molecule has 20 heavy (non-hydrogen) atoms. The van der Waals surface area contributed by atoms with Gasteiger partial charge in [0.1, 0.15) is 10.6 Å². The highest BCUT2D eigenvalue weighted by atomic mass is 35.5. The number of halogens is 1. The number of nitrogens with zero attached hydrogens (tertiary/aromatic N) is 1. The lowest BCUT2D eigenvalue weighted by molar-refractivity contribution is -0.385. The molecule has 6 heteroatoms. The number of rotatable bonds is 3. The number of nitro groups is 1. The summed E-state index contributed by atoms with van der Waals surface area (Å²) in [7, 11) is 0. The van der Waals surface area contributed by atoms with E-state index in [4.69, 9.17) is 11.6 Å². The van der Waals surface area contributed by atoms with Gasteiger partial charge in [0.15, 0.2) is 0 Å². The van der Waals surface area contributed by atoms with E-state index in [0.29, 0.717) is 5.92 Å². The monoisotopic (exact) mass is 296 g/mol. The van der Waals surface area contributed by atoms with Crippen molar-refractivity contribution in [1.82, 2.24) is 5.32 Å². The molecule has 5 nitrogen and oxygen atoms in total. The van der Waals surface area contributed by atoms with Crippen LogP contribution in [-0.4, -0.2) is 16.9 Å². The standard InChI is InChI=1S/C14H17ClN2O3/c1-9-4-2-5-10(8-9)16-14(18)11-6-3-7-12(15)13(11)17(19)20/h3,6-7,9-10H,2,4-5,8H2,1H3,(H,16,18). The molecular formula is C14H17ClN2O3. The molecule has 2 atom stereocenters. The maximum absolute atomic E-state index is 12.2. The Kier molecular flexibility index (Phi) is 4.60. The van der Waals surface area contributed by atoms with Gasteiger partial charge in [0.2, 0.25) is 0 Å². The van der Waals surface area contributed by atoms with Gasteiger partial charge in [-0.3, -0.25) is 14.9 Å². The van der Waals surface area contributed by atoms with E-state index >= 15 is 0 Å². The second-order valence-corrected chi connectivity index (χ2v) is 5.74. The molecule has 1 fully saturated rings. The summed E-state index contributed by atoms with van der Waals surface area (Å²) in [5, 5.41) is 13.9. The van der Waals surface area contributed by atoms with E-state index in [0.717, 1.165) is 19.3 Å².